The molecule has 0 aromatic heterocycles. The van der Waals surface area contributed by atoms with Crippen LogP contribution >= 0.6 is 24.0 Å². The van der Waals surface area contributed by atoms with Crippen LogP contribution in [0.3, 0.4) is 0 Å². The summed E-state index contributed by atoms with van der Waals surface area (Å²) >= 11 is 0. The first-order valence-corrected chi connectivity index (χ1v) is 10.3. The molecule has 27 heavy (non-hydrogen) atoms. The lowest BCUT2D eigenvalue weighted by Crippen LogP contribution is -2.45. The average molecular weight is 498 g/mol. The molecular weight excluding hydrogens is 471 g/mol. The van der Waals surface area contributed by atoms with Gasteiger partial charge in [-0.25, -0.2) is 0 Å². The van der Waals surface area contributed by atoms with Crippen LogP contribution in [0.4, 0.5) is 5.69 Å². The van der Waals surface area contributed by atoms with E-state index >= 15 is 0 Å². The van der Waals surface area contributed by atoms with Crippen LogP contribution in [0.15, 0.2) is 70.6 Å². The summed E-state index contributed by atoms with van der Waals surface area (Å²) in [6.07, 6.45) is 1.07. The molecule has 0 radical (unpaired) electrons. The van der Waals surface area contributed by atoms with Crippen molar-refractivity contribution in [1.29, 1.82) is 0 Å². The highest BCUT2D eigenvalue weighted by Gasteiger charge is 2.23. The molecule has 1 heterocycles. The Balaban J connectivity index is 0.00000261. The van der Waals surface area contributed by atoms with Gasteiger partial charge in [0.2, 0.25) is 0 Å². The molecule has 7 heteroatoms. The van der Waals surface area contributed by atoms with Gasteiger partial charge in [-0.3, -0.25) is 9.20 Å². The molecule has 3 rings (SSSR count). The van der Waals surface area contributed by atoms with Gasteiger partial charge in [-0.2, -0.15) is 0 Å². The van der Waals surface area contributed by atoms with Gasteiger partial charge < -0.3 is 15.5 Å². The summed E-state index contributed by atoms with van der Waals surface area (Å²) < 4.78 is 12.3. The van der Waals surface area contributed by atoms with E-state index < -0.39 is 10.8 Å². The van der Waals surface area contributed by atoms with E-state index in [1.54, 1.807) is 7.05 Å². The molecule has 0 spiro atoms. The minimum absolute atomic E-state index is 0. The fraction of sp³-hybridized carbons (Fsp3) is 0.350. The second-order valence-electron chi connectivity index (χ2n) is 6.27. The molecule has 1 aliphatic rings. The minimum Gasteiger partial charge on any atom is -0.369 e. The van der Waals surface area contributed by atoms with Crippen molar-refractivity contribution in [3.8, 4) is 0 Å². The first-order chi connectivity index (χ1) is 12.8. The molecule has 5 nitrogen and oxygen atoms in total. The Labute approximate surface area is 181 Å². The number of hydrogen-bond donors (Lipinski definition) is 2. The maximum absolute atomic E-state index is 12.3. The van der Waals surface area contributed by atoms with Crippen molar-refractivity contribution in [2.45, 2.75) is 17.4 Å². The predicted octanol–water partition coefficient (Wildman–Crippen LogP) is 2.86. The summed E-state index contributed by atoms with van der Waals surface area (Å²) in [4.78, 5) is 7.55. The van der Waals surface area contributed by atoms with Crippen LogP contribution in [0.2, 0.25) is 0 Å². The van der Waals surface area contributed by atoms with Crippen LogP contribution in [-0.4, -0.2) is 48.6 Å². The molecule has 0 bridgehead atoms. The zero-order valence-corrected chi connectivity index (χ0v) is 18.7. The Morgan fingerprint density at radius 3 is 2.48 bits per heavy atom. The zero-order valence-electron chi connectivity index (χ0n) is 15.5. The third-order valence-electron chi connectivity index (χ3n) is 4.46. The summed E-state index contributed by atoms with van der Waals surface area (Å²) in [6.45, 7) is 2.62. The predicted molar refractivity (Wildman–Crippen MR) is 125 cm³/mol. The molecule has 1 aliphatic heterocycles. The van der Waals surface area contributed by atoms with E-state index in [1.807, 2.05) is 36.4 Å². The number of anilines is 1. The standard InChI is InChI=1S/C20H26N4OS.HI/c1-21-20(22-13-15-26(25)19-10-6-3-7-11-19)23-17-12-14-24(16-17)18-8-4-2-5-9-18;/h2-11,17H,12-16H2,1H3,(H2,21,22,23);1H. The van der Waals surface area contributed by atoms with Crippen molar-refractivity contribution in [1.82, 2.24) is 10.6 Å². The van der Waals surface area contributed by atoms with Gasteiger partial charge in [0, 0.05) is 49.1 Å². The lowest BCUT2D eigenvalue weighted by molar-refractivity contribution is 0.650. The highest BCUT2D eigenvalue weighted by molar-refractivity contribution is 14.0. The summed E-state index contributed by atoms with van der Waals surface area (Å²) in [5, 5.41) is 6.76. The number of nitrogens with zero attached hydrogens (tertiary/aromatic N) is 2. The van der Waals surface area contributed by atoms with Crippen molar-refractivity contribution >= 4 is 46.4 Å². The molecule has 0 saturated carbocycles. The van der Waals surface area contributed by atoms with Gasteiger partial charge in [-0.05, 0) is 30.7 Å². The van der Waals surface area contributed by atoms with Gasteiger partial charge in [-0.15, -0.1) is 24.0 Å². The van der Waals surface area contributed by atoms with E-state index in [0.717, 1.165) is 30.4 Å². The van der Waals surface area contributed by atoms with Gasteiger partial charge in [-0.1, -0.05) is 36.4 Å². The number of para-hydroxylation sites is 1. The molecule has 1 fully saturated rings. The zero-order chi connectivity index (χ0) is 18.2. The number of guanidine groups is 1. The van der Waals surface area contributed by atoms with E-state index in [4.69, 9.17) is 0 Å². The van der Waals surface area contributed by atoms with Gasteiger partial charge in [0.05, 0.1) is 10.8 Å². The number of rotatable bonds is 6. The Bertz CT molecular complexity index is 742. The van der Waals surface area contributed by atoms with Gasteiger partial charge in [0.25, 0.3) is 0 Å². The molecule has 2 aromatic carbocycles. The van der Waals surface area contributed by atoms with E-state index in [2.05, 4.69) is 44.8 Å². The maximum Gasteiger partial charge on any atom is 0.191 e. The average Bonchev–Trinajstić information content (AvgIpc) is 3.17. The van der Waals surface area contributed by atoms with Gasteiger partial charge in [0.15, 0.2) is 5.96 Å². The van der Waals surface area contributed by atoms with Crippen molar-refractivity contribution in [3.63, 3.8) is 0 Å². The van der Waals surface area contributed by atoms with Crippen LogP contribution in [0.5, 0.6) is 0 Å². The lowest BCUT2D eigenvalue weighted by Gasteiger charge is -2.20. The highest BCUT2D eigenvalue weighted by atomic mass is 127. The minimum atomic E-state index is -0.990. The number of aliphatic imine (C=N–C) groups is 1. The fourth-order valence-electron chi connectivity index (χ4n) is 3.09. The quantitative estimate of drug-likeness (QED) is 0.366. The fourth-order valence-corrected chi connectivity index (χ4v) is 4.08. The monoisotopic (exact) mass is 498 g/mol. The molecule has 0 amide bonds. The van der Waals surface area contributed by atoms with Crippen molar-refractivity contribution in [2.75, 3.05) is 37.3 Å². The van der Waals surface area contributed by atoms with E-state index in [9.17, 15) is 4.21 Å². The second-order valence-corrected chi connectivity index (χ2v) is 7.84. The summed E-state index contributed by atoms with van der Waals surface area (Å²) in [5.74, 6) is 1.33. The Kier molecular flexibility index (Phi) is 9.06. The van der Waals surface area contributed by atoms with Crippen LogP contribution in [-0.2, 0) is 10.8 Å². The maximum atomic E-state index is 12.3. The molecule has 1 saturated heterocycles. The van der Waals surface area contributed by atoms with Crippen LogP contribution < -0.4 is 15.5 Å². The molecule has 2 atom stereocenters. The first-order valence-electron chi connectivity index (χ1n) is 8.97. The Morgan fingerprint density at radius 2 is 1.81 bits per heavy atom. The Hall–Kier alpha value is -1.61. The third-order valence-corrected chi connectivity index (χ3v) is 5.83. The molecule has 2 aromatic rings. The van der Waals surface area contributed by atoms with Crippen LogP contribution in [0.25, 0.3) is 0 Å². The smallest absolute Gasteiger partial charge is 0.191 e. The highest BCUT2D eigenvalue weighted by Crippen LogP contribution is 2.19. The van der Waals surface area contributed by atoms with Gasteiger partial charge >= 0.3 is 0 Å². The van der Waals surface area contributed by atoms with Crippen LogP contribution in [0, 0.1) is 0 Å². The molecule has 146 valence electrons. The largest absolute Gasteiger partial charge is 0.369 e. The Morgan fingerprint density at radius 1 is 1.15 bits per heavy atom. The third kappa shape index (κ3) is 6.49. The molecule has 0 aliphatic carbocycles. The first kappa shape index (κ1) is 21.7. The van der Waals surface area contributed by atoms with Crippen LogP contribution in [0.1, 0.15) is 6.42 Å². The number of nitrogens with one attached hydrogen (secondary N) is 2. The molecule has 2 unspecified atom stereocenters. The molecular formula is C20H27IN4OS. The summed E-state index contributed by atoms with van der Waals surface area (Å²) in [5.41, 5.74) is 1.26. The number of hydrogen-bond acceptors (Lipinski definition) is 3. The summed E-state index contributed by atoms with van der Waals surface area (Å²) in [6, 6.07) is 20.4. The van der Waals surface area contributed by atoms with E-state index in [1.165, 1.54) is 5.69 Å². The van der Waals surface area contributed by atoms with E-state index in [-0.39, 0.29) is 24.0 Å². The van der Waals surface area contributed by atoms with Gasteiger partial charge in [0.1, 0.15) is 0 Å². The topological polar surface area (TPSA) is 56.7 Å². The SMILES string of the molecule is CN=C(NCCS(=O)c1ccccc1)NC1CCN(c2ccccc2)C1.I. The van der Waals surface area contributed by atoms with Crippen molar-refractivity contribution in [3.05, 3.63) is 60.7 Å². The van der Waals surface area contributed by atoms with Crippen molar-refractivity contribution < 1.29 is 4.21 Å². The van der Waals surface area contributed by atoms with Crippen molar-refractivity contribution in [2.24, 2.45) is 4.99 Å². The lowest BCUT2D eigenvalue weighted by atomic mass is 10.3. The number of halogens is 1. The second kappa shape index (κ2) is 11.3. The number of benzene rings is 2. The summed E-state index contributed by atoms with van der Waals surface area (Å²) in [7, 11) is 0.781. The molecule has 2 N–H and O–H groups in total. The normalized spacial score (nSPS) is 17.9. The van der Waals surface area contributed by atoms with E-state index in [0.29, 0.717) is 18.3 Å².